The summed E-state index contributed by atoms with van der Waals surface area (Å²) < 4.78 is 1.91. The van der Waals surface area contributed by atoms with Crippen LogP contribution < -0.4 is 0 Å². The van der Waals surface area contributed by atoms with E-state index in [0.717, 1.165) is 16.8 Å². The van der Waals surface area contributed by atoms with Crippen LogP contribution in [0.5, 0.6) is 0 Å². The molecule has 4 aromatic rings. The molecule has 27 heavy (non-hydrogen) atoms. The first-order chi connectivity index (χ1) is 13.2. The maximum absolute atomic E-state index is 12.7. The van der Waals surface area contributed by atoms with Crippen LogP contribution in [0.1, 0.15) is 17.4 Å². The summed E-state index contributed by atoms with van der Waals surface area (Å²) >= 11 is 6.43. The van der Waals surface area contributed by atoms with E-state index in [-0.39, 0.29) is 5.78 Å². The number of imidazole rings is 1. The van der Waals surface area contributed by atoms with Crippen molar-refractivity contribution in [3.05, 3.63) is 95.6 Å². The number of hydrogen-bond acceptors (Lipinski definition) is 2. The Morgan fingerprint density at radius 1 is 0.852 bits per heavy atom. The van der Waals surface area contributed by atoms with E-state index in [4.69, 9.17) is 16.6 Å². The summed E-state index contributed by atoms with van der Waals surface area (Å²) in [7, 11) is 0. The molecule has 1 aromatic heterocycles. The second kappa shape index (κ2) is 7.22. The molecule has 0 fully saturated rings. The quantitative estimate of drug-likeness (QED) is 0.408. The number of Topliss-reactive ketones (excluding diaryl/α,β-unsaturated/α-hetero) is 1. The number of ketones is 1. The topological polar surface area (TPSA) is 34.9 Å². The maximum Gasteiger partial charge on any atom is 0.178 e. The van der Waals surface area contributed by atoms with Gasteiger partial charge in [-0.25, -0.2) is 4.98 Å². The van der Waals surface area contributed by atoms with Crippen LogP contribution in [0.3, 0.4) is 0 Å². The van der Waals surface area contributed by atoms with Crippen LogP contribution >= 0.6 is 11.6 Å². The molecule has 0 saturated carbocycles. The molecule has 0 aliphatic rings. The third kappa shape index (κ3) is 3.18. The fraction of sp³-hybridized carbons (Fsp3) is 0.0435. The van der Waals surface area contributed by atoms with Gasteiger partial charge in [0.25, 0.3) is 0 Å². The van der Waals surface area contributed by atoms with Gasteiger partial charge >= 0.3 is 0 Å². The fourth-order valence-electron chi connectivity index (χ4n) is 3.20. The van der Waals surface area contributed by atoms with E-state index in [2.05, 4.69) is 0 Å². The number of carbonyl (C=O) groups excluding carboxylic acids is 1. The molecule has 1 heterocycles. The summed E-state index contributed by atoms with van der Waals surface area (Å²) in [5.74, 6) is 0.644. The van der Waals surface area contributed by atoms with Gasteiger partial charge in [0.15, 0.2) is 5.78 Å². The van der Waals surface area contributed by atoms with Crippen LogP contribution in [-0.2, 0) is 0 Å². The molecule has 3 aromatic carbocycles. The van der Waals surface area contributed by atoms with E-state index in [0.29, 0.717) is 22.2 Å². The van der Waals surface area contributed by atoms with Crippen LogP contribution in [0.2, 0.25) is 5.02 Å². The standard InChI is InChI=1S/C23H17ClN2O/c1-16(27)22-21(19-14-8-9-15-20(19)24)25-23(17-10-4-2-5-11-17)26(22)18-12-6-3-7-13-18/h2-15H,1H3. The molecule has 0 amide bonds. The molecule has 4 rings (SSSR count). The van der Waals surface area contributed by atoms with Gasteiger partial charge in [0.1, 0.15) is 17.2 Å². The Hall–Kier alpha value is -3.17. The van der Waals surface area contributed by atoms with Gasteiger partial charge < -0.3 is 0 Å². The molecule has 0 unspecified atom stereocenters. The summed E-state index contributed by atoms with van der Waals surface area (Å²) in [6.07, 6.45) is 0. The van der Waals surface area contributed by atoms with Gasteiger partial charge in [-0.3, -0.25) is 9.36 Å². The van der Waals surface area contributed by atoms with Gasteiger partial charge in [0, 0.05) is 23.7 Å². The van der Waals surface area contributed by atoms with E-state index >= 15 is 0 Å². The highest BCUT2D eigenvalue weighted by molar-refractivity contribution is 6.33. The Labute approximate surface area is 162 Å². The van der Waals surface area contributed by atoms with Gasteiger partial charge in [-0.1, -0.05) is 78.3 Å². The number of carbonyl (C=O) groups is 1. The lowest BCUT2D eigenvalue weighted by Gasteiger charge is -2.11. The molecular weight excluding hydrogens is 356 g/mol. The molecule has 0 aliphatic carbocycles. The minimum atomic E-state index is -0.0662. The molecule has 0 aliphatic heterocycles. The van der Waals surface area contributed by atoms with Crippen molar-refractivity contribution >= 4 is 17.4 Å². The number of halogens is 1. The SMILES string of the molecule is CC(=O)c1c(-c2ccccc2Cl)nc(-c2ccccc2)n1-c1ccccc1. The highest BCUT2D eigenvalue weighted by Gasteiger charge is 2.24. The van der Waals surface area contributed by atoms with Crippen molar-refractivity contribution in [2.24, 2.45) is 0 Å². The monoisotopic (exact) mass is 372 g/mol. The lowest BCUT2D eigenvalue weighted by molar-refractivity contribution is 0.101. The molecule has 0 radical (unpaired) electrons. The summed E-state index contributed by atoms with van der Waals surface area (Å²) in [6, 6.07) is 27.1. The number of aromatic nitrogens is 2. The van der Waals surface area contributed by atoms with Crippen molar-refractivity contribution in [1.82, 2.24) is 9.55 Å². The molecule has 0 bridgehead atoms. The van der Waals surface area contributed by atoms with E-state index in [9.17, 15) is 4.79 Å². The maximum atomic E-state index is 12.7. The van der Waals surface area contributed by atoms with Crippen LogP contribution in [0, 0.1) is 0 Å². The Bertz CT molecular complexity index is 1100. The van der Waals surface area contributed by atoms with Crippen molar-refractivity contribution in [3.8, 4) is 28.3 Å². The van der Waals surface area contributed by atoms with Crippen molar-refractivity contribution in [2.45, 2.75) is 6.92 Å². The van der Waals surface area contributed by atoms with Crippen LogP contribution in [0.25, 0.3) is 28.3 Å². The first-order valence-corrected chi connectivity index (χ1v) is 9.04. The van der Waals surface area contributed by atoms with Gasteiger partial charge in [-0.2, -0.15) is 0 Å². The molecule has 0 atom stereocenters. The van der Waals surface area contributed by atoms with E-state index in [1.54, 1.807) is 6.92 Å². The Morgan fingerprint density at radius 2 is 1.44 bits per heavy atom. The predicted molar refractivity (Wildman–Crippen MR) is 109 cm³/mol. The summed E-state index contributed by atoms with van der Waals surface area (Å²) in [6.45, 7) is 1.56. The number of hydrogen-bond donors (Lipinski definition) is 0. The highest BCUT2D eigenvalue weighted by Crippen LogP contribution is 2.35. The third-order valence-electron chi connectivity index (χ3n) is 4.39. The van der Waals surface area contributed by atoms with E-state index in [1.165, 1.54) is 0 Å². The van der Waals surface area contributed by atoms with Crippen molar-refractivity contribution in [1.29, 1.82) is 0 Å². The zero-order chi connectivity index (χ0) is 18.8. The van der Waals surface area contributed by atoms with Crippen LogP contribution in [0.15, 0.2) is 84.9 Å². The average Bonchev–Trinajstić information content (AvgIpc) is 3.10. The Morgan fingerprint density at radius 3 is 2.07 bits per heavy atom. The van der Waals surface area contributed by atoms with E-state index in [1.807, 2.05) is 89.5 Å². The van der Waals surface area contributed by atoms with Gasteiger partial charge in [0.2, 0.25) is 0 Å². The van der Waals surface area contributed by atoms with Crippen molar-refractivity contribution in [2.75, 3.05) is 0 Å². The normalized spacial score (nSPS) is 10.7. The molecule has 132 valence electrons. The number of nitrogens with zero attached hydrogens (tertiary/aromatic N) is 2. The Kier molecular flexibility index (Phi) is 4.61. The van der Waals surface area contributed by atoms with E-state index < -0.39 is 0 Å². The minimum absolute atomic E-state index is 0.0662. The second-order valence-electron chi connectivity index (χ2n) is 6.21. The molecule has 0 saturated heterocycles. The molecule has 0 spiro atoms. The van der Waals surface area contributed by atoms with Gasteiger partial charge in [-0.05, 0) is 18.2 Å². The first-order valence-electron chi connectivity index (χ1n) is 8.66. The van der Waals surface area contributed by atoms with Gasteiger partial charge in [0.05, 0.1) is 5.02 Å². The molecular formula is C23H17ClN2O. The van der Waals surface area contributed by atoms with Crippen molar-refractivity contribution in [3.63, 3.8) is 0 Å². The number of para-hydroxylation sites is 1. The second-order valence-corrected chi connectivity index (χ2v) is 6.61. The largest absolute Gasteiger partial charge is 0.293 e. The summed E-state index contributed by atoms with van der Waals surface area (Å²) in [5.41, 5.74) is 3.68. The van der Waals surface area contributed by atoms with Crippen LogP contribution in [0.4, 0.5) is 0 Å². The minimum Gasteiger partial charge on any atom is -0.293 e. The fourth-order valence-corrected chi connectivity index (χ4v) is 3.42. The Balaban J connectivity index is 2.09. The number of rotatable bonds is 4. The van der Waals surface area contributed by atoms with Crippen LogP contribution in [-0.4, -0.2) is 15.3 Å². The molecule has 4 heteroatoms. The van der Waals surface area contributed by atoms with Crippen molar-refractivity contribution < 1.29 is 4.79 Å². The highest BCUT2D eigenvalue weighted by atomic mass is 35.5. The molecule has 3 nitrogen and oxygen atoms in total. The lowest BCUT2D eigenvalue weighted by atomic mass is 10.1. The summed E-state index contributed by atoms with van der Waals surface area (Å²) in [5, 5.41) is 0.567. The zero-order valence-electron chi connectivity index (χ0n) is 14.8. The zero-order valence-corrected chi connectivity index (χ0v) is 15.5. The number of benzene rings is 3. The first kappa shape index (κ1) is 17.3. The molecule has 0 N–H and O–H groups in total. The average molecular weight is 373 g/mol. The smallest absolute Gasteiger partial charge is 0.178 e. The third-order valence-corrected chi connectivity index (χ3v) is 4.72. The lowest BCUT2D eigenvalue weighted by Crippen LogP contribution is -2.07. The predicted octanol–water partition coefficient (Wildman–Crippen LogP) is 6.06. The van der Waals surface area contributed by atoms with Gasteiger partial charge in [-0.15, -0.1) is 0 Å². The summed E-state index contributed by atoms with van der Waals surface area (Å²) in [4.78, 5) is 17.6.